The predicted octanol–water partition coefficient (Wildman–Crippen LogP) is 4.81. The van der Waals surface area contributed by atoms with Crippen LogP contribution in [-0.4, -0.2) is 17.9 Å². The second-order valence-electron chi connectivity index (χ2n) is 7.51. The molecule has 0 bridgehead atoms. The SMILES string of the molecule is C=C(N)C1(c2cc(-c3ccc(F)c(Cl)c3F)nc(C(CCC)CNC=O)c2)CC1. The van der Waals surface area contributed by atoms with Gasteiger partial charge < -0.3 is 11.1 Å². The van der Waals surface area contributed by atoms with Gasteiger partial charge in [0.1, 0.15) is 10.8 Å². The van der Waals surface area contributed by atoms with Crippen LogP contribution in [0.2, 0.25) is 5.02 Å². The minimum Gasteiger partial charge on any atom is -0.402 e. The number of nitrogens with two attached hydrogens (primary N) is 1. The number of hydrogen-bond donors (Lipinski definition) is 2. The highest BCUT2D eigenvalue weighted by atomic mass is 35.5. The molecule has 1 aliphatic carbocycles. The van der Waals surface area contributed by atoms with E-state index >= 15 is 0 Å². The number of pyridine rings is 1. The van der Waals surface area contributed by atoms with E-state index in [1.165, 1.54) is 6.07 Å². The Kier molecular flexibility index (Phi) is 6.22. The van der Waals surface area contributed by atoms with E-state index < -0.39 is 16.7 Å². The van der Waals surface area contributed by atoms with Crippen molar-refractivity contribution >= 4 is 18.0 Å². The molecule has 3 rings (SSSR count). The molecule has 154 valence electrons. The zero-order chi connectivity index (χ0) is 21.2. The fourth-order valence-corrected chi connectivity index (χ4v) is 3.88. The van der Waals surface area contributed by atoms with Gasteiger partial charge in [-0.2, -0.15) is 0 Å². The second kappa shape index (κ2) is 8.49. The fourth-order valence-electron chi connectivity index (χ4n) is 3.71. The largest absolute Gasteiger partial charge is 0.402 e. The summed E-state index contributed by atoms with van der Waals surface area (Å²) in [5.41, 5.74) is 8.37. The van der Waals surface area contributed by atoms with Crippen molar-refractivity contribution in [1.82, 2.24) is 10.3 Å². The molecule has 0 aliphatic heterocycles. The Labute approximate surface area is 174 Å². The number of allylic oxidation sites excluding steroid dienone is 1. The van der Waals surface area contributed by atoms with Crippen LogP contribution in [0.1, 0.15) is 49.8 Å². The standard InChI is InChI=1S/C22H24ClF2N3O/c1-3-4-14(11-27-12-29)18-9-15(22(7-8-22)13(2)26)10-19(28-18)16-5-6-17(24)20(23)21(16)25/h5-6,9-10,12,14H,2-4,7-8,11,26H2,1H3,(H,27,29). The molecule has 0 spiro atoms. The van der Waals surface area contributed by atoms with E-state index in [1.54, 1.807) is 6.07 Å². The van der Waals surface area contributed by atoms with E-state index in [9.17, 15) is 13.6 Å². The van der Waals surface area contributed by atoms with Crippen LogP contribution in [0.4, 0.5) is 8.78 Å². The summed E-state index contributed by atoms with van der Waals surface area (Å²) in [5.74, 6) is -1.72. The van der Waals surface area contributed by atoms with Gasteiger partial charge in [0.15, 0.2) is 5.82 Å². The summed E-state index contributed by atoms with van der Waals surface area (Å²) < 4.78 is 28.4. The maximum absolute atomic E-state index is 14.7. The first-order valence-corrected chi connectivity index (χ1v) is 10.00. The average molecular weight is 420 g/mol. The van der Waals surface area contributed by atoms with Crippen molar-refractivity contribution in [2.24, 2.45) is 5.73 Å². The molecule has 1 aromatic carbocycles. The number of hydrogen-bond acceptors (Lipinski definition) is 3. The zero-order valence-electron chi connectivity index (χ0n) is 16.3. The quantitative estimate of drug-likeness (QED) is 0.452. The van der Waals surface area contributed by atoms with Crippen LogP contribution >= 0.6 is 11.6 Å². The van der Waals surface area contributed by atoms with Gasteiger partial charge in [-0.1, -0.05) is 31.5 Å². The number of nitrogens with one attached hydrogen (secondary N) is 1. The van der Waals surface area contributed by atoms with Gasteiger partial charge in [0, 0.05) is 34.8 Å². The summed E-state index contributed by atoms with van der Waals surface area (Å²) in [6, 6.07) is 6.20. The van der Waals surface area contributed by atoms with E-state index in [2.05, 4.69) is 16.9 Å². The molecule has 1 unspecified atom stereocenters. The third-order valence-corrected chi connectivity index (χ3v) is 5.92. The summed E-state index contributed by atoms with van der Waals surface area (Å²) in [6.45, 7) is 6.38. The van der Waals surface area contributed by atoms with Gasteiger partial charge in [-0.25, -0.2) is 8.78 Å². The van der Waals surface area contributed by atoms with Crippen LogP contribution in [0.3, 0.4) is 0 Å². The van der Waals surface area contributed by atoms with Gasteiger partial charge in [0.05, 0.1) is 5.69 Å². The Morgan fingerprint density at radius 3 is 2.72 bits per heavy atom. The normalized spacial score (nSPS) is 15.6. The monoisotopic (exact) mass is 419 g/mol. The summed E-state index contributed by atoms with van der Waals surface area (Å²) in [4.78, 5) is 15.5. The molecular weight excluding hydrogens is 396 g/mol. The lowest BCUT2D eigenvalue weighted by Crippen LogP contribution is -2.22. The van der Waals surface area contributed by atoms with E-state index in [1.807, 2.05) is 13.0 Å². The molecular formula is C22H24ClF2N3O. The number of halogens is 3. The van der Waals surface area contributed by atoms with Gasteiger partial charge in [-0.15, -0.1) is 0 Å². The summed E-state index contributed by atoms with van der Waals surface area (Å²) in [5, 5.41) is 2.15. The molecule has 1 heterocycles. The van der Waals surface area contributed by atoms with Crippen molar-refractivity contribution in [1.29, 1.82) is 0 Å². The molecule has 3 N–H and O–H groups in total. The van der Waals surface area contributed by atoms with Crippen molar-refractivity contribution in [2.45, 2.75) is 43.9 Å². The van der Waals surface area contributed by atoms with Crippen LogP contribution in [0, 0.1) is 11.6 Å². The van der Waals surface area contributed by atoms with Gasteiger partial charge in [-0.3, -0.25) is 9.78 Å². The van der Waals surface area contributed by atoms with Crippen molar-refractivity contribution in [3.8, 4) is 11.3 Å². The lowest BCUT2D eigenvalue weighted by molar-refractivity contribution is -0.109. The van der Waals surface area contributed by atoms with E-state index in [0.29, 0.717) is 24.3 Å². The van der Waals surface area contributed by atoms with Gasteiger partial charge in [0.2, 0.25) is 6.41 Å². The molecule has 4 nitrogen and oxygen atoms in total. The molecule has 1 saturated carbocycles. The number of carbonyl (C=O) groups is 1. The Hall–Kier alpha value is -2.47. The number of aromatic nitrogens is 1. The minimum atomic E-state index is -0.850. The first kappa shape index (κ1) is 21.2. The van der Waals surface area contributed by atoms with Crippen LogP contribution in [0.5, 0.6) is 0 Å². The summed E-state index contributed by atoms with van der Waals surface area (Å²) in [7, 11) is 0. The number of benzene rings is 1. The number of carbonyl (C=O) groups excluding carboxylic acids is 1. The van der Waals surface area contributed by atoms with Crippen LogP contribution in [0.15, 0.2) is 36.5 Å². The maximum Gasteiger partial charge on any atom is 0.207 e. The third kappa shape index (κ3) is 4.13. The van der Waals surface area contributed by atoms with Crippen LogP contribution in [-0.2, 0) is 10.2 Å². The van der Waals surface area contributed by atoms with E-state index in [4.69, 9.17) is 17.3 Å². The second-order valence-corrected chi connectivity index (χ2v) is 7.89. The smallest absolute Gasteiger partial charge is 0.207 e. The first-order valence-electron chi connectivity index (χ1n) is 9.62. The van der Waals surface area contributed by atoms with Crippen molar-refractivity contribution in [3.63, 3.8) is 0 Å². The molecule has 1 fully saturated rings. The highest BCUT2D eigenvalue weighted by molar-refractivity contribution is 6.31. The molecule has 29 heavy (non-hydrogen) atoms. The number of amides is 1. The average Bonchev–Trinajstić information content (AvgIpc) is 3.51. The van der Waals surface area contributed by atoms with Gasteiger partial charge in [0.25, 0.3) is 0 Å². The lowest BCUT2D eigenvalue weighted by atomic mass is 9.89. The fraction of sp³-hybridized carbons (Fsp3) is 0.364. The highest BCUT2D eigenvalue weighted by Gasteiger charge is 2.46. The lowest BCUT2D eigenvalue weighted by Gasteiger charge is -2.22. The Balaban J connectivity index is 2.17. The summed E-state index contributed by atoms with van der Waals surface area (Å²) >= 11 is 5.79. The summed E-state index contributed by atoms with van der Waals surface area (Å²) in [6.07, 6.45) is 4.03. The maximum atomic E-state index is 14.7. The molecule has 2 aromatic rings. The number of rotatable bonds is 9. The first-order chi connectivity index (χ1) is 13.8. The Morgan fingerprint density at radius 2 is 2.14 bits per heavy atom. The molecule has 0 saturated heterocycles. The van der Waals surface area contributed by atoms with Gasteiger partial charge >= 0.3 is 0 Å². The Morgan fingerprint density at radius 1 is 1.41 bits per heavy atom. The van der Waals surface area contributed by atoms with Crippen molar-refractivity contribution in [2.75, 3.05) is 6.54 Å². The topological polar surface area (TPSA) is 68.0 Å². The predicted molar refractivity (Wildman–Crippen MR) is 111 cm³/mol. The number of nitrogens with zero attached hydrogens (tertiary/aromatic N) is 1. The van der Waals surface area contributed by atoms with Crippen LogP contribution in [0.25, 0.3) is 11.3 Å². The highest BCUT2D eigenvalue weighted by Crippen LogP contribution is 2.52. The molecule has 1 aliphatic rings. The zero-order valence-corrected chi connectivity index (χ0v) is 17.0. The van der Waals surface area contributed by atoms with E-state index in [0.717, 1.165) is 43.0 Å². The van der Waals surface area contributed by atoms with E-state index in [-0.39, 0.29) is 16.9 Å². The van der Waals surface area contributed by atoms with Crippen molar-refractivity contribution in [3.05, 3.63) is 64.5 Å². The third-order valence-electron chi connectivity index (χ3n) is 5.58. The molecule has 7 heteroatoms. The molecule has 0 radical (unpaired) electrons. The van der Waals surface area contributed by atoms with Crippen molar-refractivity contribution < 1.29 is 13.6 Å². The molecule has 1 aromatic heterocycles. The molecule has 1 amide bonds. The molecule has 1 atom stereocenters. The minimum absolute atomic E-state index is 0.0512. The van der Waals surface area contributed by atoms with Gasteiger partial charge in [-0.05, 0) is 49.1 Å². The Bertz CT molecular complexity index is 944. The van der Waals surface area contributed by atoms with Crippen LogP contribution < -0.4 is 11.1 Å².